The van der Waals surface area contributed by atoms with Crippen LogP contribution in [0.2, 0.25) is 0 Å². The molecule has 0 radical (unpaired) electrons. The van der Waals surface area contributed by atoms with Gasteiger partial charge in [-0.05, 0) is 6.92 Å². The van der Waals surface area contributed by atoms with E-state index in [1.165, 1.54) is 24.0 Å². The molecule has 4 rings (SSSR count). The highest BCUT2D eigenvalue weighted by Crippen LogP contribution is 2.39. The molecule has 0 aromatic carbocycles. The number of fused-ring (bicyclic) bond motifs is 1. The van der Waals surface area contributed by atoms with Gasteiger partial charge in [0.25, 0.3) is 0 Å². The van der Waals surface area contributed by atoms with E-state index in [1.54, 1.807) is 0 Å². The summed E-state index contributed by atoms with van der Waals surface area (Å²) < 4.78 is 6.88. The van der Waals surface area contributed by atoms with Crippen LogP contribution in [0.3, 0.4) is 0 Å². The fraction of sp³-hybridized carbons (Fsp3) is 0.444. The molecule has 0 saturated carbocycles. The molecule has 3 aromatic rings. The number of hydrogen-bond acceptors (Lipinski definition) is 12. The predicted octanol–water partition coefficient (Wildman–Crippen LogP) is -1.85. The summed E-state index contributed by atoms with van der Waals surface area (Å²) >= 11 is 0. The van der Waals surface area contributed by atoms with Crippen molar-refractivity contribution >= 4 is 11.2 Å². The van der Waals surface area contributed by atoms with Crippen molar-refractivity contribution in [3.8, 4) is 11.6 Å². The van der Waals surface area contributed by atoms with E-state index >= 15 is 0 Å². The molecule has 13 heteroatoms. The highest BCUT2D eigenvalue weighted by Gasteiger charge is 2.49. The summed E-state index contributed by atoms with van der Waals surface area (Å²) in [7, 11) is 0. The maximum absolute atomic E-state index is 10.7. The Morgan fingerprint density at radius 3 is 2.55 bits per heavy atom. The molecule has 1 aliphatic heterocycles. The van der Waals surface area contributed by atoms with Crippen molar-refractivity contribution in [3.05, 3.63) is 35.7 Å². The van der Waals surface area contributed by atoms with Gasteiger partial charge in [-0.1, -0.05) is 0 Å². The zero-order valence-corrected chi connectivity index (χ0v) is 16.2. The lowest BCUT2D eigenvalue weighted by Crippen LogP contribution is -2.42. The van der Waals surface area contributed by atoms with E-state index in [9.17, 15) is 35.7 Å². The van der Waals surface area contributed by atoms with E-state index in [0.717, 1.165) is 6.33 Å². The molecule has 6 atom stereocenters. The molecule has 3 aromatic heterocycles. The number of aliphatic hydroxyl groups excluding tert-OH is 5. The fourth-order valence-corrected chi connectivity index (χ4v) is 3.68. The third-order valence-electron chi connectivity index (χ3n) is 5.37. The van der Waals surface area contributed by atoms with E-state index in [2.05, 4.69) is 19.9 Å². The molecule has 0 amide bonds. The first-order valence-corrected chi connectivity index (χ1v) is 9.28. The molecule has 166 valence electrons. The maximum Gasteiger partial charge on any atom is 0.242 e. The summed E-state index contributed by atoms with van der Waals surface area (Å²) in [5, 5.41) is 72.0. The van der Waals surface area contributed by atoms with Gasteiger partial charge >= 0.3 is 0 Å². The largest absolute Gasteiger partial charge is 0.506 e. The first-order chi connectivity index (χ1) is 14.8. The molecule has 0 bridgehead atoms. The molecular weight excluding hydrogens is 414 g/mol. The van der Waals surface area contributed by atoms with Gasteiger partial charge in [-0.15, -0.1) is 0 Å². The number of aliphatic hydroxyl groups is 5. The lowest BCUT2D eigenvalue weighted by atomic mass is 9.93. The standard InChI is InChI=1S/C18H21N5O8/c1-6-10(25)8(7(3-24)2-19-6)11(26)12(27)15-13(28)14(29)18(31-15)23-5-22-9-16(23)20-4-21-17(9)30/h2,4-5,11-15,18,24-29H,3H2,1H3,(H,20,21,30)/t11?,12-,13+,14-,15-,18-/m1/s1. The van der Waals surface area contributed by atoms with Gasteiger partial charge in [0.15, 0.2) is 17.4 Å². The van der Waals surface area contributed by atoms with Crippen LogP contribution in [-0.4, -0.2) is 84.7 Å². The number of ether oxygens (including phenoxy) is 1. The first-order valence-electron chi connectivity index (χ1n) is 9.28. The average Bonchev–Trinajstić information content (AvgIpc) is 3.31. The van der Waals surface area contributed by atoms with Gasteiger partial charge in [0.1, 0.15) is 42.6 Å². The van der Waals surface area contributed by atoms with E-state index < -0.39 is 49.1 Å². The maximum atomic E-state index is 10.7. The van der Waals surface area contributed by atoms with Crippen molar-refractivity contribution in [2.24, 2.45) is 0 Å². The SMILES string of the molecule is Cc1ncc(CO)c(C(O)[C@@H](O)[C@H]2O[C@@H](n3cnc4c(O)ncnc43)[C@H](O)[C@@H]2O)c1O. The van der Waals surface area contributed by atoms with E-state index in [0.29, 0.717) is 0 Å². The number of aromatic nitrogens is 5. The minimum absolute atomic E-state index is 0.0431. The molecule has 1 aliphatic rings. The van der Waals surface area contributed by atoms with Crippen molar-refractivity contribution in [2.45, 2.75) is 50.3 Å². The van der Waals surface area contributed by atoms with Crippen LogP contribution in [0.25, 0.3) is 11.2 Å². The fourth-order valence-electron chi connectivity index (χ4n) is 3.68. The van der Waals surface area contributed by atoms with Gasteiger partial charge in [0.05, 0.1) is 18.6 Å². The molecule has 13 nitrogen and oxygen atoms in total. The summed E-state index contributed by atoms with van der Waals surface area (Å²) in [4.78, 5) is 15.4. The Balaban J connectivity index is 1.65. The number of nitrogens with zero attached hydrogens (tertiary/aromatic N) is 5. The van der Waals surface area contributed by atoms with Crippen LogP contribution >= 0.6 is 0 Å². The number of imidazole rings is 1. The number of hydrogen-bond donors (Lipinski definition) is 7. The zero-order valence-electron chi connectivity index (χ0n) is 16.2. The molecule has 1 unspecified atom stereocenters. The number of aromatic hydroxyl groups is 2. The Labute approximate surface area is 174 Å². The first kappa shape index (κ1) is 21.3. The normalized spacial score (nSPS) is 25.7. The molecule has 0 spiro atoms. The van der Waals surface area contributed by atoms with Crippen LogP contribution in [0.5, 0.6) is 11.6 Å². The second-order valence-electron chi connectivity index (χ2n) is 7.22. The van der Waals surface area contributed by atoms with Gasteiger partial charge in [-0.2, -0.15) is 4.98 Å². The van der Waals surface area contributed by atoms with Gasteiger partial charge in [0, 0.05) is 17.3 Å². The van der Waals surface area contributed by atoms with E-state index in [-0.39, 0.29) is 33.9 Å². The highest BCUT2D eigenvalue weighted by molar-refractivity contribution is 5.75. The molecular formula is C18H21N5O8. The lowest BCUT2D eigenvalue weighted by molar-refractivity contribution is -0.121. The van der Waals surface area contributed by atoms with Crippen LogP contribution in [0.4, 0.5) is 0 Å². The summed E-state index contributed by atoms with van der Waals surface area (Å²) in [6.45, 7) is 0.907. The van der Waals surface area contributed by atoms with Gasteiger partial charge in [-0.3, -0.25) is 9.55 Å². The molecule has 4 heterocycles. The van der Waals surface area contributed by atoms with Crippen LogP contribution in [0.15, 0.2) is 18.9 Å². The minimum Gasteiger partial charge on any atom is -0.506 e. The Bertz CT molecular complexity index is 1110. The summed E-state index contributed by atoms with van der Waals surface area (Å²) in [6.07, 6.45) is -5.97. The molecule has 31 heavy (non-hydrogen) atoms. The molecule has 1 saturated heterocycles. The van der Waals surface area contributed by atoms with Crippen molar-refractivity contribution in [2.75, 3.05) is 0 Å². The van der Waals surface area contributed by atoms with Gasteiger partial charge in [0.2, 0.25) is 5.88 Å². The average molecular weight is 435 g/mol. The summed E-state index contributed by atoms with van der Waals surface area (Å²) in [6, 6.07) is 0. The topological polar surface area (TPSA) is 207 Å². The van der Waals surface area contributed by atoms with Crippen LogP contribution in [-0.2, 0) is 11.3 Å². The van der Waals surface area contributed by atoms with Crippen LogP contribution < -0.4 is 0 Å². The van der Waals surface area contributed by atoms with Crippen LogP contribution in [0.1, 0.15) is 29.2 Å². The van der Waals surface area contributed by atoms with Crippen molar-refractivity contribution < 1.29 is 40.5 Å². The Kier molecular flexibility index (Phi) is 5.47. The van der Waals surface area contributed by atoms with Crippen molar-refractivity contribution in [3.63, 3.8) is 0 Å². The van der Waals surface area contributed by atoms with Gasteiger partial charge < -0.3 is 40.5 Å². The Hall–Kier alpha value is -2.94. The van der Waals surface area contributed by atoms with Crippen LogP contribution in [0, 0.1) is 6.92 Å². The smallest absolute Gasteiger partial charge is 0.242 e. The van der Waals surface area contributed by atoms with E-state index in [1.807, 2.05) is 0 Å². The Morgan fingerprint density at radius 1 is 1.10 bits per heavy atom. The quantitative estimate of drug-likeness (QED) is 0.236. The second kappa shape index (κ2) is 7.96. The van der Waals surface area contributed by atoms with Crippen molar-refractivity contribution in [1.82, 2.24) is 24.5 Å². The third kappa shape index (κ3) is 3.37. The zero-order chi connectivity index (χ0) is 22.4. The third-order valence-corrected chi connectivity index (χ3v) is 5.37. The second-order valence-corrected chi connectivity index (χ2v) is 7.22. The van der Waals surface area contributed by atoms with Gasteiger partial charge in [-0.25, -0.2) is 9.97 Å². The minimum atomic E-state index is -1.80. The number of pyridine rings is 1. The Morgan fingerprint density at radius 2 is 1.84 bits per heavy atom. The number of rotatable bonds is 5. The lowest BCUT2D eigenvalue weighted by Gasteiger charge is -2.27. The summed E-state index contributed by atoms with van der Waals surface area (Å²) in [5.74, 6) is -0.806. The summed E-state index contributed by atoms with van der Waals surface area (Å²) in [5.41, 5.74) is 0.230. The monoisotopic (exact) mass is 435 g/mol. The van der Waals surface area contributed by atoms with Crippen molar-refractivity contribution in [1.29, 1.82) is 0 Å². The molecule has 0 aliphatic carbocycles. The molecule has 7 N–H and O–H groups in total. The van der Waals surface area contributed by atoms with E-state index in [4.69, 9.17) is 4.74 Å². The number of aryl methyl sites for hydroxylation is 1. The highest BCUT2D eigenvalue weighted by atomic mass is 16.6. The molecule has 1 fully saturated rings. The predicted molar refractivity (Wildman–Crippen MR) is 100 cm³/mol.